The first-order valence-corrected chi connectivity index (χ1v) is 6.72. The van der Waals surface area contributed by atoms with Crippen molar-refractivity contribution in [1.82, 2.24) is 9.55 Å². The number of nitrogens with one attached hydrogen (secondary N) is 2. The van der Waals surface area contributed by atoms with Crippen LogP contribution in [0.1, 0.15) is 0 Å². The van der Waals surface area contributed by atoms with Gasteiger partial charge in [-0.25, -0.2) is 8.42 Å². The highest BCUT2D eigenvalue weighted by Crippen LogP contribution is 2.14. The summed E-state index contributed by atoms with van der Waals surface area (Å²) in [4.78, 5) is 2.98. The number of aromatic nitrogens is 2. The number of hydrogen-bond acceptors (Lipinski definition) is 3. The molecule has 2 aromatic rings. The van der Waals surface area contributed by atoms with Crippen molar-refractivity contribution in [3.05, 3.63) is 41.3 Å². The molecule has 0 aliphatic carbocycles. The zero-order valence-corrected chi connectivity index (χ0v) is 10.7. The van der Waals surface area contributed by atoms with Crippen LogP contribution in [0.15, 0.2) is 41.4 Å². The Morgan fingerprint density at radius 3 is 2.47 bits per heavy atom. The summed E-state index contributed by atoms with van der Waals surface area (Å²) in [6.07, 6.45) is 1.52. The average molecular weight is 269 g/mol. The molecule has 2 rings (SSSR count). The normalized spacial score (nSPS) is 11.4. The van der Waals surface area contributed by atoms with Crippen LogP contribution in [-0.4, -0.2) is 18.0 Å². The van der Waals surface area contributed by atoms with E-state index in [1.54, 1.807) is 29.8 Å². The second kappa shape index (κ2) is 4.34. The second-order valence-corrected chi connectivity index (χ2v) is 5.53. The molecule has 90 valence electrons. The Morgan fingerprint density at radius 1 is 1.29 bits per heavy atom. The number of H-pyrrole nitrogens is 1. The minimum Gasteiger partial charge on any atom is -0.335 e. The number of rotatable bonds is 3. The summed E-state index contributed by atoms with van der Waals surface area (Å²) in [5, 5.41) is 0. The maximum atomic E-state index is 12.0. The van der Waals surface area contributed by atoms with Gasteiger partial charge in [0.2, 0.25) is 0 Å². The van der Waals surface area contributed by atoms with Gasteiger partial charge in [-0.1, -0.05) is 18.2 Å². The molecule has 1 aromatic carbocycles. The van der Waals surface area contributed by atoms with Crippen molar-refractivity contribution in [3.8, 4) is 0 Å². The molecule has 7 heteroatoms. The lowest BCUT2D eigenvalue weighted by Gasteiger charge is -2.07. The van der Waals surface area contributed by atoms with E-state index < -0.39 is 10.0 Å². The Hall–Kier alpha value is -1.60. The van der Waals surface area contributed by atoms with Gasteiger partial charge in [0, 0.05) is 13.2 Å². The maximum absolute atomic E-state index is 12.0. The van der Waals surface area contributed by atoms with E-state index in [0.717, 1.165) is 0 Å². The molecule has 0 fully saturated rings. The highest BCUT2D eigenvalue weighted by Gasteiger charge is 2.14. The third-order valence-electron chi connectivity index (χ3n) is 2.29. The Labute approximate surface area is 104 Å². The molecule has 17 heavy (non-hydrogen) atoms. The SMILES string of the molecule is Cn1c(NS(=O)(=O)c2ccccc2)c[nH]c1=S. The highest BCUT2D eigenvalue weighted by atomic mass is 32.2. The van der Waals surface area contributed by atoms with Crippen molar-refractivity contribution in [2.75, 3.05) is 4.72 Å². The quantitative estimate of drug-likeness (QED) is 0.836. The minimum atomic E-state index is -3.56. The fourth-order valence-electron chi connectivity index (χ4n) is 1.33. The number of benzene rings is 1. The third kappa shape index (κ3) is 2.40. The molecule has 0 spiro atoms. The summed E-state index contributed by atoms with van der Waals surface area (Å²) in [5.41, 5.74) is 0. The van der Waals surface area contributed by atoms with Crippen molar-refractivity contribution in [3.63, 3.8) is 0 Å². The van der Waals surface area contributed by atoms with E-state index in [2.05, 4.69) is 9.71 Å². The number of sulfonamides is 1. The fraction of sp³-hybridized carbons (Fsp3) is 0.100. The molecule has 1 aromatic heterocycles. The molecule has 2 N–H and O–H groups in total. The Balaban J connectivity index is 2.37. The van der Waals surface area contributed by atoms with E-state index in [1.807, 2.05) is 0 Å². The molecule has 1 heterocycles. The van der Waals surface area contributed by atoms with Gasteiger partial charge in [-0.2, -0.15) is 0 Å². The van der Waals surface area contributed by atoms with E-state index >= 15 is 0 Å². The molecule has 0 atom stereocenters. The van der Waals surface area contributed by atoms with Gasteiger partial charge in [-0.05, 0) is 24.4 Å². The summed E-state index contributed by atoms with van der Waals surface area (Å²) < 4.78 is 28.4. The molecular formula is C10H11N3O2S2. The van der Waals surface area contributed by atoms with Crippen LogP contribution in [0.2, 0.25) is 0 Å². The molecule has 5 nitrogen and oxygen atoms in total. The number of hydrogen-bond donors (Lipinski definition) is 2. The first kappa shape index (κ1) is 11.9. The fourth-order valence-corrected chi connectivity index (χ4v) is 2.59. The Kier molecular flexibility index (Phi) is 3.03. The minimum absolute atomic E-state index is 0.215. The predicted molar refractivity (Wildman–Crippen MR) is 67.8 cm³/mol. The monoisotopic (exact) mass is 269 g/mol. The lowest BCUT2D eigenvalue weighted by molar-refractivity contribution is 0.600. The van der Waals surface area contributed by atoms with Crippen LogP contribution in [-0.2, 0) is 17.1 Å². The predicted octanol–water partition coefficient (Wildman–Crippen LogP) is 1.88. The van der Waals surface area contributed by atoms with Crippen LogP contribution in [0.5, 0.6) is 0 Å². The van der Waals surface area contributed by atoms with Crippen molar-refractivity contribution >= 4 is 28.1 Å². The second-order valence-electron chi connectivity index (χ2n) is 3.46. The van der Waals surface area contributed by atoms with Gasteiger partial charge in [-0.3, -0.25) is 4.72 Å². The van der Waals surface area contributed by atoms with Crippen molar-refractivity contribution < 1.29 is 8.42 Å². The molecule has 0 amide bonds. The molecule has 0 aliphatic heterocycles. The first-order chi connectivity index (χ1) is 8.00. The van der Waals surface area contributed by atoms with E-state index in [9.17, 15) is 8.42 Å². The van der Waals surface area contributed by atoms with Gasteiger partial charge in [-0.15, -0.1) is 0 Å². The lowest BCUT2D eigenvalue weighted by atomic mass is 10.4. The van der Waals surface area contributed by atoms with Crippen LogP contribution in [0.4, 0.5) is 5.82 Å². The summed E-state index contributed by atoms with van der Waals surface area (Å²) in [6, 6.07) is 8.16. The molecule has 0 saturated carbocycles. The Bertz CT molecular complexity index is 671. The molecule has 0 bridgehead atoms. The van der Waals surface area contributed by atoms with Crippen LogP contribution >= 0.6 is 12.2 Å². The molecule has 0 saturated heterocycles. The topological polar surface area (TPSA) is 66.9 Å². The molecule has 0 unspecified atom stereocenters. The van der Waals surface area contributed by atoms with E-state index in [-0.39, 0.29) is 4.90 Å². The zero-order chi connectivity index (χ0) is 12.5. The summed E-state index contributed by atoms with van der Waals surface area (Å²) in [7, 11) is -1.88. The Morgan fingerprint density at radius 2 is 1.94 bits per heavy atom. The summed E-state index contributed by atoms with van der Waals surface area (Å²) in [6.45, 7) is 0. The summed E-state index contributed by atoms with van der Waals surface area (Å²) >= 11 is 4.95. The lowest BCUT2D eigenvalue weighted by Crippen LogP contribution is -2.14. The van der Waals surface area contributed by atoms with Gasteiger partial charge in [0.05, 0.1) is 4.90 Å². The maximum Gasteiger partial charge on any atom is 0.263 e. The number of nitrogens with zero attached hydrogens (tertiary/aromatic N) is 1. The first-order valence-electron chi connectivity index (χ1n) is 4.83. The smallest absolute Gasteiger partial charge is 0.263 e. The van der Waals surface area contributed by atoms with E-state index in [0.29, 0.717) is 10.6 Å². The van der Waals surface area contributed by atoms with Crippen LogP contribution in [0.3, 0.4) is 0 Å². The largest absolute Gasteiger partial charge is 0.335 e. The van der Waals surface area contributed by atoms with Gasteiger partial charge in [0.25, 0.3) is 10.0 Å². The number of anilines is 1. The summed E-state index contributed by atoms with van der Waals surface area (Å²) in [5.74, 6) is 0.402. The van der Waals surface area contributed by atoms with Crippen molar-refractivity contribution in [2.45, 2.75) is 4.90 Å². The van der Waals surface area contributed by atoms with E-state index in [4.69, 9.17) is 12.2 Å². The number of aromatic amines is 1. The molecule has 0 aliphatic rings. The van der Waals surface area contributed by atoms with Crippen LogP contribution in [0, 0.1) is 4.77 Å². The highest BCUT2D eigenvalue weighted by molar-refractivity contribution is 7.92. The van der Waals surface area contributed by atoms with Gasteiger partial charge in [0.1, 0.15) is 5.82 Å². The van der Waals surface area contributed by atoms with Crippen molar-refractivity contribution in [1.29, 1.82) is 0 Å². The van der Waals surface area contributed by atoms with E-state index in [1.165, 1.54) is 18.3 Å². The van der Waals surface area contributed by atoms with Gasteiger partial charge in [0.15, 0.2) is 4.77 Å². The van der Waals surface area contributed by atoms with Gasteiger partial charge < -0.3 is 9.55 Å². The molecular weight excluding hydrogens is 258 g/mol. The zero-order valence-electron chi connectivity index (χ0n) is 9.04. The van der Waals surface area contributed by atoms with Crippen LogP contribution < -0.4 is 4.72 Å². The van der Waals surface area contributed by atoms with Crippen molar-refractivity contribution in [2.24, 2.45) is 7.05 Å². The van der Waals surface area contributed by atoms with Gasteiger partial charge >= 0.3 is 0 Å². The standard InChI is InChI=1S/C10H11N3O2S2/c1-13-9(7-11-10(13)16)12-17(14,15)8-5-3-2-4-6-8/h2-7,12H,1H3,(H,11,16). The third-order valence-corrected chi connectivity index (χ3v) is 4.05. The average Bonchev–Trinajstić information content (AvgIpc) is 2.62. The number of imidazole rings is 1. The van der Waals surface area contributed by atoms with Crippen LogP contribution in [0.25, 0.3) is 0 Å². The molecule has 0 radical (unpaired) electrons.